The maximum atomic E-state index is 11.5. The Bertz CT molecular complexity index is 388. The molecule has 2 unspecified atom stereocenters. The standard InChI is InChI=1S/C11H21N3O5S/c1-7(20(2)19)5-6-13-11(18)14-8(10(16)17)3-4-9(12)15/h7-8H,3-6H2,1-2H3,(H2,12,15)(H,16,17)(H2,13,14,18)/t7?,8-,20?/m1/s1. The van der Waals surface area contributed by atoms with Gasteiger partial charge in [0.1, 0.15) is 6.04 Å². The fourth-order valence-electron chi connectivity index (χ4n) is 1.31. The molecule has 9 heteroatoms. The van der Waals surface area contributed by atoms with Crippen LogP contribution in [-0.2, 0) is 20.4 Å². The lowest BCUT2D eigenvalue weighted by atomic mass is 10.1. The average Bonchev–Trinajstić information content (AvgIpc) is 2.33. The van der Waals surface area contributed by atoms with Gasteiger partial charge in [0.05, 0.1) is 0 Å². The number of nitrogens with two attached hydrogens (primary N) is 1. The Kier molecular flexibility index (Phi) is 8.53. The van der Waals surface area contributed by atoms with E-state index >= 15 is 0 Å². The van der Waals surface area contributed by atoms with Crippen molar-refractivity contribution < 1.29 is 23.7 Å². The van der Waals surface area contributed by atoms with Crippen LogP contribution >= 0.6 is 0 Å². The second-order valence-corrected chi connectivity index (χ2v) is 6.20. The highest BCUT2D eigenvalue weighted by Crippen LogP contribution is 1.99. The van der Waals surface area contributed by atoms with Crippen LogP contribution in [0.1, 0.15) is 26.2 Å². The Labute approximate surface area is 119 Å². The normalized spacial score (nSPS) is 14.9. The summed E-state index contributed by atoms with van der Waals surface area (Å²) < 4.78 is 11.1. The summed E-state index contributed by atoms with van der Waals surface area (Å²) in [6, 6.07) is -1.81. The molecule has 0 aliphatic rings. The molecule has 0 bridgehead atoms. The van der Waals surface area contributed by atoms with E-state index in [4.69, 9.17) is 10.8 Å². The van der Waals surface area contributed by atoms with Crippen LogP contribution in [0.15, 0.2) is 0 Å². The fourth-order valence-corrected chi connectivity index (χ4v) is 1.76. The predicted octanol–water partition coefficient (Wildman–Crippen LogP) is -0.839. The van der Waals surface area contributed by atoms with E-state index in [1.165, 1.54) is 0 Å². The highest BCUT2D eigenvalue weighted by Gasteiger charge is 2.20. The first-order valence-electron chi connectivity index (χ1n) is 6.11. The maximum absolute atomic E-state index is 11.5. The summed E-state index contributed by atoms with van der Waals surface area (Å²) in [7, 11) is -0.969. The van der Waals surface area contributed by atoms with E-state index in [0.717, 1.165) is 0 Å². The Morgan fingerprint density at radius 1 is 1.30 bits per heavy atom. The zero-order valence-electron chi connectivity index (χ0n) is 11.5. The molecule has 3 amide bonds. The van der Waals surface area contributed by atoms with Gasteiger partial charge in [-0.25, -0.2) is 9.59 Å². The van der Waals surface area contributed by atoms with Crippen LogP contribution in [0.5, 0.6) is 0 Å². The van der Waals surface area contributed by atoms with Crippen LogP contribution in [0.25, 0.3) is 0 Å². The minimum absolute atomic E-state index is 0.0552. The summed E-state index contributed by atoms with van der Waals surface area (Å²) in [5.41, 5.74) is 4.92. The van der Waals surface area contributed by atoms with E-state index in [2.05, 4.69) is 10.6 Å². The van der Waals surface area contributed by atoms with Crippen molar-refractivity contribution in [2.45, 2.75) is 37.5 Å². The Morgan fingerprint density at radius 2 is 1.90 bits per heavy atom. The lowest BCUT2D eigenvalue weighted by Gasteiger charge is -2.15. The molecular formula is C11H21N3O5S. The molecule has 0 rings (SSSR count). The lowest BCUT2D eigenvalue weighted by molar-refractivity contribution is -0.139. The van der Waals surface area contributed by atoms with Crippen molar-refractivity contribution in [2.75, 3.05) is 12.8 Å². The molecular weight excluding hydrogens is 286 g/mol. The van der Waals surface area contributed by atoms with E-state index in [0.29, 0.717) is 6.42 Å². The van der Waals surface area contributed by atoms with Crippen molar-refractivity contribution in [3.63, 3.8) is 0 Å². The first-order chi connectivity index (χ1) is 9.23. The third-order valence-electron chi connectivity index (χ3n) is 2.69. The number of urea groups is 1. The predicted molar refractivity (Wildman–Crippen MR) is 74.5 cm³/mol. The molecule has 0 aliphatic carbocycles. The molecule has 0 saturated carbocycles. The van der Waals surface area contributed by atoms with E-state index in [1.807, 2.05) is 0 Å². The number of rotatable bonds is 9. The highest BCUT2D eigenvalue weighted by molar-refractivity contribution is 7.84. The van der Waals surface area contributed by atoms with Crippen molar-refractivity contribution >= 4 is 28.7 Å². The van der Waals surface area contributed by atoms with Gasteiger partial charge in [0, 0.05) is 35.3 Å². The van der Waals surface area contributed by atoms with Crippen LogP contribution in [0, 0.1) is 0 Å². The van der Waals surface area contributed by atoms with Crippen LogP contribution < -0.4 is 16.4 Å². The van der Waals surface area contributed by atoms with Gasteiger partial charge in [-0.15, -0.1) is 0 Å². The first-order valence-corrected chi connectivity index (χ1v) is 7.73. The molecule has 116 valence electrons. The van der Waals surface area contributed by atoms with Crippen molar-refractivity contribution in [1.29, 1.82) is 0 Å². The number of hydrogen-bond donors (Lipinski definition) is 4. The Balaban J connectivity index is 4.10. The van der Waals surface area contributed by atoms with E-state index in [-0.39, 0.29) is 24.6 Å². The topological polar surface area (TPSA) is 139 Å². The van der Waals surface area contributed by atoms with E-state index in [9.17, 15) is 18.6 Å². The van der Waals surface area contributed by atoms with Crippen LogP contribution in [0.3, 0.4) is 0 Å². The molecule has 0 aromatic rings. The summed E-state index contributed by atoms with van der Waals surface area (Å²) in [5.74, 6) is -1.86. The van der Waals surface area contributed by atoms with Gasteiger partial charge in [0.15, 0.2) is 0 Å². The maximum Gasteiger partial charge on any atom is 0.326 e. The van der Waals surface area contributed by atoms with Gasteiger partial charge in [-0.1, -0.05) is 6.92 Å². The number of aliphatic carboxylic acids is 1. The number of carboxylic acid groups (broad SMARTS) is 1. The van der Waals surface area contributed by atoms with Crippen LogP contribution in [0.2, 0.25) is 0 Å². The van der Waals surface area contributed by atoms with Crippen LogP contribution in [0.4, 0.5) is 4.79 Å². The second-order valence-electron chi connectivity index (χ2n) is 4.39. The zero-order valence-corrected chi connectivity index (χ0v) is 12.4. The number of hydrogen-bond acceptors (Lipinski definition) is 4. The molecule has 5 N–H and O–H groups in total. The summed E-state index contributed by atoms with van der Waals surface area (Å²) in [4.78, 5) is 33.0. The van der Waals surface area contributed by atoms with Crippen molar-refractivity contribution in [3.8, 4) is 0 Å². The number of nitrogens with one attached hydrogen (secondary N) is 2. The zero-order chi connectivity index (χ0) is 15.7. The summed E-state index contributed by atoms with van der Waals surface area (Å²) >= 11 is 0. The molecule has 0 aromatic heterocycles. The van der Waals surface area contributed by atoms with E-state index in [1.54, 1.807) is 13.2 Å². The molecule has 0 radical (unpaired) electrons. The quantitative estimate of drug-likeness (QED) is 0.440. The van der Waals surface area contributed by atoms with Gasteiger partial charge >= 0.3 is 12.0 Å². The van der Waals surface area contributed by atoms with Crippen molar-refractivity contribution in [3.05, 3.63) is 0 Å². The average molecular weight is 307 g/mol. The molecule has 8 nitrogen and oxygen atoms in total. The SMILES string of the molecule is CC(CCNC(=O)N[C@H](CCC(N)=O)C(=O)O)S(C)=O. The fraction of sp³-hybridized carbons (Fsp3) is 0.727. The molecule has 0 fully saturated rings. The Morgan fingerprint density at radius 3 is 2.35 bits per heavy atom. The number of primary amides is 1. The summed E-state index contributed by atoms with van der Waals surface area (Å²) in [5, 5.41) is 13.6. The third kappa shape index (κ3) is 8.46. The molecule has 0 saturated heterocycles. The highest BCUT2D eigenvalue weighted by atomic mass is 32.2. The summed E-state index contributed by atoms with van der Waals surface area (Å²) in [6.45, 7) is 2.08. The molecule has 0 aliphatic heterocycles. The molecule has 0 spiro atoms. The largest absolute Gasteiger partial charge is 0.480 e. The van der Waals surface area contributed by atoms with Gasteiger partial charge in [-0.3, -0.25) is 9.00 Å². The molecule has 20 heavy (non-hydrogen) atoms. The minimum Gasteiger partial charge on any atom is -0.480 e. The van der Waals surface area contributed by atoms with Gasteiger partial charge < -0.3 is 21.5 Å². The molecule has 0 heterocycles. The second kappa shape index (κ2) is 9.29. The number of carbonyl (C=O) groups is 3. The molecule has 3 atom stereocenters. The first kappa shape index (κ1) is 18.4. The van der Waals surface area contributed by atoms with Crippen molar-refractivity contribution in [1.82, 2.24) is 10.6 Å². The Hall–Kier alpha value is -1.64. The number of carbonyl (C=O) groups excluding carboxylic acids is 2. The summed E-state index contributed by atoms with van der Waals surface area (Å²) in [6.07, 6.45) is 1.92. The van der Waals surface area contributed by atoms with Gasteiger partial charge in [-0.05, 0) is 12.8 Å². The number of carboxylic acids is 1. The number of amides is 3. The minimum atomic E-state index is -1.23. The van der Waals surface area contributed by atoms with Crippen LogP contribution in [-0.4, -0.2) is 51.3 Å². The third-order valence-corrected chi connectivity index (χ3v) is 4.05. The smallest absolute Gasteiger partial charge is 0.326 e. The van der Waals surface area contributed by atoms with Gasteiger partial charge in [0.25, 0.3) is 0 Å². The van der Waals surface area contributed by atoms with Gasteiger partial charge in [-0.2, -0.15) is 0 Å². The van der Waals surface area contributed by atoms with E-state index < -0.39 is 34.7 Å². The monoisotopic (exact) mass is 307 g/mol. The molecule has 0 aromatic carbocycles. The lowest BCUT2D eigenvalue weighted by Crippen LogP contribution is -2.46. The van der Waals surface area contributed by atoms with Crippen molar-refractivity contribution in [2.24, 2.45) is 5.73 Å². The van der Waals surface area contributed by atoms with Gasteiger partial charge in [0.2, 0.25) is 5.91 Å².